The molecule has 0 aromatic heterocycles. The van der Waals surface area contributed by atoms with Gasteiger partial charge in [-0.05, 0) is 30.3 Å². The monoisotopic (exact) mass is 303 g/mol. The predicted octanol–water partition coefficient (Wildman–Crippen LogP) is 2.62. The molecule has 0 aliphatic carbocycles. The minimum atomic E-state index is -0.565. The molecule has 0 bridgehead atoms. The molecule has 5 heteroatoms. The summed E-state index contributed by atoms with van der Waals surface area (Å²) >= 11 is 12.1. The van der Waals surface area contributed by atoms with Crippen LogP contribution in [-0.2, 0) is 11.2 Å². The maximum absolute atomic E-state index is 10.3. The van der Waals surface area contributed by atoms with Gasteiger partial charge in [0.2, 0.25) is 0 Å². The van der Waals surface area contributed by atoms with Gasteiger partial charge in [-0.2, -0.15) is 0 Å². The molecule has 2 atom stereocenters. The van der Waals surface area contributed by atoms with Gasteiger partial charge in [-0.15, -0.1) is 0 Å². The highest BCUT2D eigenvalue weighted by molar-refractivity contribution is 6.33. The zero-order valence-electron chi connectivity index (χ0n) is 11.0. The predicted molar refractivity (Wildman–Crippen MR) is 78.0 cm³/mol. The van der Waals surface area contributed by atoms with Crippen molar-refractivity contribution in [2.24, 2.45) is 0 Å². The van der Waals surface area contributed by atoms with Gasteiger partial charge >= 0.3 is 0 Å². The van der Waals surface area contributed by atoms with Crippen molar-refractivity contribution in [3.8, 4) is 0 Å². The lowest BCUT2D eigenvalue weighted by Crippen LogP contribution is -2.48. The van der Waals surface area contributed by atoms with E-state index in [2.05, 4.69) is 11.8 Å². The molecule has 1 aliphatic rings. The summed E-state index contributed by atoms with van der Waals surface area (Å²) in [5.41, 5.74) is 0.860. The van der Waals surface area contributed by atoms with Crippen LogP contribution in [0.1, 0.15) is 12.5 Å². The Morgan fingerprint density at radius 3 is 3.00 bits per heavy atom. The van der Waals surface area contributed by atoms with Crippen LogP contribution in [0.15, 0.2) is 18.2 Å². The second kappa shape index (κ2) is 6.91. The number of hydrogen-bond donors (Lipinski definition) is 1. The number of benzene rings is 1. The summed E-state index contributed by atoms with van der Waals surface area (Å²) in [6, 6.07) is 5.30. The van der Waals surface area contributed by atoms with Gasteiger partial charge in [0.15, 0.2) is 0 Å². The fraction of sp³-hybridized carbons (Fsp3) is 0.571. The molecule has 1 N–H and O–H groups in total. The highest BCUT2D eigenvalue weighted by Gasteiger charge is 2.26. The van der Waals surface area contributed by atoms with Crippen LogP contribution in [0.2, 0.25) is 10.0 Å². The van der Waals surface area contributed by atoms with E-state index in [9.17, 15) is 5.11 Å². The Morgan fingerprint density at radius 1 is 1.47 bits per heavy atom. The first kappa shape index (κ1) is 15.1. The van der Waals surface area contributed by atoms with Crippen LogP contribution in [0, 0.1) is 0 Å². The first-order valence-corrected chi connectivity index (χ1v) is 7.31. The van der Waals surface area contributed by atoms with Crippen molar-refractivity contribution >= 4 is 23.2 Å². The summed E-state index contributed by atoms with van der Waals surface area (Å²) in [5.74, 6) is 0. The average Bonchev–Trinajstić information content (AvgIpc) is 2.43. The number of likely N-dealkylation sites (N-methyl/N-ethyl adjacent to an activating group) is 1. The number of aliphatic hydroxyl groups excluding tert-OH is 1. The SMILES string of the molecule is CCN1CCOC(C(O)Cc2cc(Cl)ccc2Cl)C1. The summed E-state index contributed by atoms with van der Waals surface area (Å²) < 4.78 is 5.65. The first-order chi connectivity index (χ1) is 9.10. The standard InChI is InChI=1S/C14H19Cl2NO2/c1-2-17-5-6-19-14(9-17)13(18)8-10-7-11(15)3-4-12(10)16/h3-4,7,13-14,18H,2,5-6,8-9H2,1H3. The molecule has 1 heterocycles. The Kier molecular flexibility index (Phi) is 5.48. The second-order valence-corrected chi connectivity index (χ2v) is 5.65. The van der Waals surface area contributed by atoms with E-state index in [1.54, 1.807) is 18.2 Å². The number of nitrogens with zero attached hydrogens (tertiary/aromatic N) is 1. The van der Waals surface area contributed by atoms with Gasteiger partial charge in [0.05, 0.1) is 18.8 Å². The van der Waals surface area contributed by atoms with E-state index >= 15 is 0 Å². The molecule has 19 heavy (non-hydrogen) atoms. The molecule has 0 spiro atoms. The van der Waals surface area contributed by atoms with Crippen LogP contribution in [0.3, 0.4) is 0 Å². The van der Waals surface area contributed by atoms with E-state index in [0.29, 0.717) is 23.1 Å². The molecular formula is C14H19Cl2NO2. The third-order valence-corrected chi connectivity index (χ3v) is 4.09. The average molecular weight is 304 g/mol. The van der Waals surface area contributed by atoms with Crippen molar-refractivity contribution in [1.29, 1.82) is 0 Å². The van der Waals surface area contributed by atoms with E-state index < -0.39 is 6.10 Å². The first-order valence-electron chi connectivity index (χ1n) is 6.56. The van der Waals surface area contributed by atoms with Crippen LogP contribution >= 0.6 is 23.2 Å². The molecule has 0 amide bonds. The number of rotatable bonds is 4. The Bertz CT molecular complexity index is 428. The van der Waals surface area contributed by atoms with Crippen LogP contribution < -0.4 is 0 Å². The number of hydrogen-bond acceptors (Lipinski definition) is 3. The number of halogens is 2. The zero-order valence-corrected chi connectivity index (χ0v) is 12.5. The fourth-order valence-electron chi connectivity index (χ4n) is 2.31. The Morgan fingerprint density at radius 2 is 2.26 bits per heavy atom. The molecule has 106 valence electrons. The normalized spacial score (nSPS) is 22.4. The maximum Gasteiger partial charge on any atom is 0.0964 e. The molecular weight excluding hydrogens is 285 g/mol. The van der Waals surface area contributed by atoms with Gasteiger partial charge in [0.1, 0.15) is 0 Å². The Labute approximate surface area is 124 Å². The van der Waals surface area contributed by atoms with Gasteiger partial charge in [0.25, 0.3) is 0 Å². The molecule has 0 saturated carbocycles. The number of ether oxygens (including phenoxy) is 1. The van der Waals surface area contributed by atoms with Crippen molar-refractivity contribution < 1.29 is 9.84 Å². The van der Waals surface area contributed by atoms with Crippen molar-refractivity contribution in [2.75, 3.05) is 26.2 Å². The van der Waals surface area contributed by atoms with Crippen molar-refractivity contribution in [2.45, 2.75) is 25.6 Å². The second-order valence-electron chi connectivity index (χ2n) is 4.81. The van der Waals surface area contributed by atoms with Gasteiger partial charge in [-0.25, -0.2) is 0 Å². The maximum atomic E-state index is 10.3. The lowest BCUT2D eigenvalue weighted by molar-refractivity contribution is -0.0867. The summed E-state index contributed by atoms with van der Waals surface area (Å²) in [5, 5.41) is 11.6. The molecule has 0 radical (unpaired) electrons. The summed E-state index contributed by atoms with van der Waals surface area (Å²) in [4.78, 5) is 2.27. The van der Waals surface area contributed by atoms with Gasteiger partial charge in [-0.1, -0.05) is 30.1 Å². The molecule has 1 aromatic carbocycles. The highest BCUT2D eigenvalue weighted by Crippen LogP contribution is 2.23. The van der Waals surface area contributed by atoms with Crippen LogP contribution in [0.25, 0.3) is 0 Å². The van der Waals surface area contributed by atoms with Gasteiger partial charge in [0, 0.05) is 29.6 Å². The lowest BCUT2D eigenvalue weighted by Gasteiger charge is -2.34. The van der Waals surface area contributed by atoms with E-state index in [-0.39, 0.29) is 6.10 Å². The highest BCUT2D eigenvalue weighted by atomic mass is 35.5. The molecule has 1 aliphatic heterocycles. The molecule has 1 aromatic rings. The molecule has 1 saturated heterocycles. The summed E-state index contributed by atoms with van der Waals surface area (Å²) in [6.07, 6.45) is -0.268. The smallest absolute Gasteiger partial charge is 0.0964 e. The number of aliphatic hydroxyl groups is 1. The lowest BCUT2D eigenvalue weighted by atomic mass is 10.0. The fourth-order valence-corrected chi connectivity index (χ4v) is 2.70. The van der Waals surface area contributed by atoms with Crippen molar-refractivity contribution in [3.05, 3.63) is 33.8 Å². The van der Waals surface area contributed by atoms with Crippen LogP contribution in [-0.4, -0.2) is 48.5 Å². The quantitative estimate of drug-likeness (QED) is 0.928. The molecule has 2 rings (SSSR count). The van der Waals surface area contributed by atoms with E-state index in [1.165, 1.54) is 0 Å². The minimum Gasteiger partial charge on any atom is -0.390 e. The Balaban J connectivity index is 2.00. The molecule has 2 unspecified atom stereocenters. The molecule has 1 fully saturated rings. The van der Waals surface area contributed by atoms with Gasteiger partial charge in [-0.3, -0.25) is 4.90 Å². The van der Waals surface area contributed by atoms with Crippen LogP contribution in [0.4, 0.5) is 0 Å². The third kappa shape index (κ3) is 4.07. The van der Waals surface area contributed by atoms with E-state index in [1.807, 2.05) is 0 Å². The van der Waals surface area contributed by atoms with E-state index in [4.69, 9.17) is 27.9 Å². The van der Waals surface area contributed by atoms with Gasteiger partial charge < -0.3 is 9.84 Å². The van der Waals surface area contributed by atoms with Crippen molar-refractivity contribution in [1.82, 2.24) is 4.90 Å². The largest absolute Gasteiger partial charge is 0.390 e. The summed E-state index contributed by atoms with van der Waals surface area (Å²) in [6.45, 7) is 5.44. The molecule has 3 nitrogen and oxygen atoms in total. The Hall–Kier alpha value is -0.320. The van der Waals surface area contributed by atoms with Crippen molar-refractivity contribution in [3.63, 3.8) is 0 Å². The zero-order chi connectivity index (χ0) is 13.8. The van der Waals surface area contributed by atoms with Crippen LogP contribution in [0.5, 0.6) is 0 Å². The summed E-state index contributed by atoms with van der Waals surface area (Å²) in [7, 11) is 0. The minimum absolute atomic E-state index is 0.163. The van der Waals surface area contributed by atoms with E-state index in [0.717, 1.165) is 25.2 Å². The number of morpholine rings is 1. The third-order valence-electron chi connectivity index (χ3n) is 3.49. The topological polar surface area (TPSA) is 32.7 Å².